The SMILES string of the molecule is CCOC(=O)c1c(NC(=O)c2ccc(C#N)cc2)sc2c1CC[NH+](C)C2. The lowest BCUT2D eigenvalue weighted by molar-refractivity contribution is -0.895. The van der Waals surface area contributed by atoms with Crippen molar-refractivity contribution in [3.8, 4) is 6.07 Å². The molecule has 1 amide bonds. The fourth-order valence-corrected chi connectivity index (χ4v) is 4.34. The Labute approximate surface area is 156 Å². The van der Waals surface area contributed by atoms with Gasteiger partial charge in [-0.15, -0.1) is 11.3 Å². The lowest BCUT2D eigenvalue weighted by Crippen LogP contribution is -3.08. The molecule has 0 saturated carbocycles. The summed E-state index contributed by atoms with van der Waals surface area (Å²) in [6.07, 6.45) is 0.790. The summed E-state index contributed by atoms with van der Waals surface area (Å²) in [7, 11) is 2.11. The number of carbonyl (C=O) groups excluding carboxylic acids is 2. The summed E-state index contributed by atoms with van der Waals surface area (Å²) in [5.41, 5.74) is 2.41. The molecule has 0 bridgehead atoms. The van der Waals surface area contributed by atoms with Gasteiger partial charge in [-0.25, -0.2) is 4.79 Å². The topological polar surface area (TPSA) is 83.6 Å². The Hall–Kier alpha value is -2.69. The van der Waals surface area contributed by atoms with Crippen LogP contribution < -0.4 is 10.2 Å². The van der Waals surface area contributed by atoms with Crippen LogP contribution in [-0.2, 0) is 17.7 Å². The van der Waals surface area contributed by atoms with Crippen molar-refractivity contribution in [3.05, 3.63) is 51.4 Å². The van der Waals surface area contributed by atoms with Crippen LogP contribution >= 0.6 is 11.3 Å². The maximum absolute atomic E-state index is 12.6. The number of rotatable bonds is 4. The molecule has 0 aliphatic carbocycles. The number of hydrogen-bond donors (Lipinski definition) is 2. The van der Waals surface area contributed by atoms with Crippen molar-refractivity contribution in [2.45, 2.75) is 19.9 Å². The number of carbonyl (C=O) groups is 2. The van der Waals surface area contributed by atoms with E-state index in [4.69, 9.17) is 10.00 Å². The van der Waals surface area contributed by atoms with Crippen LogP contribution in [0.2, 0.25) is 0 Å². The molecule has 3 rings (SSSR count). The number of nitrogens with one attached hydrogen (secondary N) is 2. The number of nitriles is 1. The number of hydrogen-bond acceptors (Lipinski definition) is 5. The van der Waals surface area contributed by atoms with Crippen molar-refractivity contribution in [2.24, 2.45) is 0 Å². The van der Waals surface area contributed by atoms with Crippen molar-refractivity contribution in [1.82, 2.24) is 0 Å². The van der Waals surface area contributed by atoms with E-state index < -0.39 is 0 Å². The molecule has 0 fully saturated rings. The highest BCUT2D eigenvalue weighted by molar-refractivity contribution is 7.17. The zero-order chi connectivity index (χ0) is 18.7. The second kappa shape index (κ2) is 7.68. The molecule has 134 valence electrons. The minimum Gasteiger partial charge on any atom is -0.462 e. The first-order valence-corrected chi connectivity index (χ1v) is 9.29. The van der Waals surface area contributed by atoms with Gasteiger partial charge in [0.2, 0.25) is 0 Å². The van der Waals surface area contributed by atoms with Crippen molar-refractivity contribution >= 4 is 28.2 Å². The van der Waals surface area contributed by atoms with Crippen molar-refractivity contribution in [1.29, 1.82) is 5.26 Å². The Morgan fingerprint density at radius 2 is 2.08 bits per heavy atom. The predicted molar refractivity (Wildman–Crippen MR) is 98.5 cm³/mol. The largest absolute Gasteiger partial charge is 0.462 e. The number of benzene rings is 1. The number of fused-ring (bicyclic) bond motifs is 1. The first-order chi connectivity index (χ1) is 12.5. The standard InChI is InChI=1S/C19H19N3O3S/c1-3-25-19(24)16-14-8-9-22(2)11-15(14)26-18(16)21-17(23)13-6-4-12(10-20)5-7-13/h4-7H,3,8-9,11H2,1-2H3,(H,21,23)/p+1. The molecule has 1 aliphatic heterocycles. The van der Waals surface area contributed by atoms with E-state index in [2.05, 4.69) is 12.4 Å². The lowest BCUT2D eigenvalue weighted by Gasteiger charge is -2.19. The normalized spacial score (nSPS) is 15.7. The highest BCUT2D eigenvalue weighted by Crippen LogP contribution is 2.35. The van der Waals surface area contributed by atoms with Gasteiger partial charge in [-0.3, -0.25) is 4.79 Å². The van der Waals surface area contributed by atoms with E-state index in [0.29, 0.717) is 21.7 Å². The van der Waals surface area contributed by atoms with Gasteiger partial charge >= 0.3 is 5.97 Å². The van der Waals surface area contributed by atoms with E-state index in [1.165, 1.54) is 16.2 Å². The van der Waals surface area contributed by atoms with Crippen LogP contribution in [0.15, 0.2) is 24.3 Å². The number of amides is 1. The first kappa shape index (κ1) is 18.1. The minimum atomic E-state index is -0.389. The van der Waals surface area contributed by atoms with Crippen molar-refractivity contribution in [3.63, 3.8) is 0 Å². The Bertz CT molecular complexity index is 881. The van der Waals surface area contributed by atoms with E-state index in [0.717, 1.165) is 30.0 Å². The summed E-state index contributed by atoms with van der Waals surface area (Å²) in [5.74, 6) is -0.695. The van der Waals surface area contributed by atoms with E-state index in [9.17, 15) is 9.59 Å². The van der Waals surface area contributed by atoms with Gasteiger partial charge < -0.3 is 15.0 Å². The van der Waals surface area contributed by atoms with Gasteiger partial charge in [0.1, 0.15) is 11.5 Å². The summed E-state index contributed by atoms with van der Waals surface area (Å²) < 4.78 is 5.21. The van der Waals surface area contributed by atoms with Crippen LogP contribution in [0.3, 0.4) is 0 Å². The quantitative estimate of drug-likeness (QED) is 0.801. The van der Waals surface area contributed by atoms with Crippen LogP contribution in [0.25, 0.3) is 0 Å². The summed E-state index contributed by atoms with van der Waals surface area (Å²) >= 11 is 1.44. The van der Waals surface area contributed by atoms with E-state index in [-0.39, 0.29) is 18.5 Å². The second-order valence-corrected chi connectivity index (χ2v) is 7.31. The third-order valence-electron chi connectivity index (χ3n) is 4.34. The third-order valence-corrected chi connectivity index (χ3v) is 5.49. The highest BCUT2D eigenvalue weighted by Gasteiger charge is 2.30. The molecule has 0 spiro atoms. The minimum absolute atomic E-state index is 0.289. The van der Waals surface area contributed by atoms with Crippen LogP contribution in [0.5, 0.6) is 0 Å². The maximum atomic E-state index is 12.6. The van der Waals surface area contributed by atoms with Crippen LogP contribution in [-0.4, -0.2) is 32.1 Å². The zero-order valence-corrected chi connectivity index (χ0v) is 15.5. The van der Waals surface area contributed by atoms with Gasteiger partial charge in [0.15, 0.2) is 0 Å². The second-order valence-electron chi connectivity index (χ2n) is 6.21. The molecule has 6 nitrogen and oxygen atoms in total. The van der Waals surface area contributed by atoms with Gasteiger partial charge in [0, 0.05) is 12.0 Å². The molecule has 1 unspecified atom stereocenters. The molecular weight excluding hydrogens is 350 g/mol. The molecule has 7 heteroatoms. The molecule has 1 aromatic carbocycles. The number of quaternary nitrogens is 1. The summed E-state index contributed by atoms with van der Waals surface area (Å²) in [4.78, 5) is 27.5. The van der Waals surface area contributed by atoms with E-state index >= 15 is 0 Å². The molecule has 1 aliphatic rings. The fraction of sp³-hybridized carbons (Fsp3) is 0.316. The van der Waals surface area contributed by atoms with Gasteiger partial charge in [0.05, 0.1) is 42.3 Å². The fourth-order valence-electron chi connectivity index (χ4n) is 3.00. The average molecular weight is 370 g/mol. The van der Waals surface area contributed by atoms with E-state index in [1.54, 1.807) is 31.2 Å². The molecule has 2 heterocycles. The van der Waals surface area contributed by atoms with Crippen molar-refractivity contribution < 1.29 is 19.2 Å². The Kier molecular flexibility index (Phi) is 5.35. The molecular formula is C19H20N3O3S+. The number of thiophene rings is 1. The number of ether oxygens (including phenoxy) is 1. The Morgan fingerprint density at radius 3 is 2.73 bits per heavy atom. The average Bonchev–Trinajstić information content (AvgIpc) is 2.98. The Morgan fingerprint density at radius 1 is 1.35 bits per heavy atom. The monoisotopic (exact) mass is 370 g/mol. The van der Waals surface area contributed by atoms with Crippen molar-refractivity contribution in [2.75, 3.05) is 25.5 Å². The zero-order valence-electron chi connectivity index (χ0n) is 14.7. The molecule has 1 atom stereocenters. The lowest BCUT2D eigenvalue weighted by atomic mass is 10.0. The summed E-state index contributed by atoms with van der Waals surface area (Å²) in [6, 6.07) is 8.42. The molecule has 0 radical (unpaired) electrons. The summed E-state index contributed by atoms with van der Waals surface area (Å²) in [6.45, 7) is 3.83. The number of nitrogens with zero attached hydrogens (tertiary/aromatic N) is 1. The number of likely N-dealkylation sites (N-methyl/N-ethyl adjacent to an activating group) is 1. The van der Waals surface area contributed by atoms with Gasteiger partial charge in [-0.1, -0.05) is 0 Å². The molecule has 1 aromatic heterocycles. The van der Waals surface area contributed by atoms with Gasteiger partial charge in [0.25, 0.3) is 5.91 Å². The number of esters is 1. The molecule has 0 saturated heterocycles. The van der Waals surface area contributed by atoms with Gasteiger partial charge in [-0.2, -0.15) is 5.26 Å². The van der Waals surface area contributed by atoms with E-state index in [1.807, 2.05) is 6.07 Å². The Balaban J connectivity index is 1.91. The summed E-state index contributed by atoms with van der Waals surface area (Å²) in [5, 5.41) is 12.3. The van der Waals surface area contributed by atoms with Crippen LogP contribution in [0, 0.1) is 11.3 Å². The third kappa shape index (κ3) is 3.62. The molecule has 2 N–H and O–H groups in total. The van der Waals surface area contributed by atoms with Crippen LogP contribution in [0.1, 0.15) is 43.6 Å². The van der Waals surface area contributed by atoms with Gasteiger partial charge in [-0.05, 0) is 36.8 Å². The maximum Gasteiger partial charge on any atom is 0.341 e. The highest BCUT2D eigenvalue weighted by atomic mass is 32.1. The predicted octanol–water partition coefficient (Wildman–Crippen LogP) is 1.62. The van der Waals surface area contributed by atoms with Crippen LogP contribution in [0.4, 0.5) is 5.00 Å². The molecule has 2 aromatic rings. The smallest absolute Gasteiger partial charge is 0.341 e. The molecule has 26 heavy (non-hydrogen) atoms. The first-order valence-electron chi connectivity index (χ1n) is 8.48. The number of anilines is 1.